The zero-order valence-electron chi connectivity index (χ0n) is 8.64. The summed E-state index contributed by atoms with van der Waals surface area (Å²) in [6.07, 6.45) is 0. The van der Waals surface area contributed by atoms with Gasteiger partial charge >= 0.3 is 0 Å². The van der Waals surface area contributed by atoms with Gasteiger partial charge in [-0.2, -0.15) is 0 Å². The van der Waals surface area contributed by atoms with Crippen LogP contribution in [0.25, 0.3) is 11.1 Å². The minimum Gasteiger partial charge on any atom is -0.279 e. The molecule has 1 N–H and O–H groups in total. The van der Waals surface area contributed by atoms with E-state index in [1.807, 2.05) is 0 Å². The van der Waals surface area contributed by atoms with Gasteiger partial charge < -0.3 is 0 Å². The second-order valence-corrected chi connectivity index (χ2v) is 5.82. The van der Waals surface area contributed by atoms with Crippen molar-refractivity contribution in [2.75, 3.05) is 4.72 Å². The number of nitrogens with one attached hydrogen (secondary N) is 1. The van der Waals surface area contributed by atoms with E-state index in [0.717, 1.165) is 5.56 Å². The van der Waals surface area contributed by atoms with Crippen LogP contribution in [0.4, 0.5) is 5.69 Å². The van der Waals surface area contributed by atoms with Gasteiger partial charge in [0.05, 0.1) is 15.6 Å². The summed E-state index contributed by atoms with van der Waals surface area (Å²) in [6, 6.07) is 12.0. The van der Waals surface area contributed by atoms with Crippen LogP contribution in [-0.4, -0.2) is 8.42 Å². The van der Waals surface area contributed by atoms with Gasteiger partial charge in [0.25, 0.3) is 10.0 Å². The molecule has 1 aliphatic rings. The van der Waals surface area contributed by atoms with E-state index in [-0.39, 0.29) is 4.90 Å². The van der Waals surface area contributed by atoms with E-state index in [2.05, 4.69) is 4.72 Å². The largest absolute Gasteiger partial charge is 0.279 e. The monoisotopic (exact) mass is 265 g/mol. The lowest BCUT2D eigenvalue weighted by Gasteiger charge is -2.22. The van der Waals surface area contributed by atoms with Crippen LogP contribution < -0.4 is 4.72 Å². The Labute approximate surface area is 104 Å². The molecule has 3 nitrogen and oxygen atoms in total. The Kier molecular flexibility index (Phi) is 2.18. The first-order chi connectivity index (χ1) is 8.09. The van der Waals surface area contributed by atoms with Crippen molar-refractivity contribution in [1.29, 1.82) is 0 Å². The predicted molar refractivity (Wildman–Crippen MR) is 67.7 cm³/mol. The number of anilines is 1. The molecule has 1 aliphatic heterocycles. The molecule has 0 spiro atoms. The first kappa shape index (κ1) is 10.6. The molecule has 0 amide bonds. The normalized spacial score (nSPS) is 15.6. The standard InChI is InChI=1S/C12H8ClNO2S/c13-9-5-3-6-10-12(9)8-4-1-2-7-11(8)17(15,16)14-10/h1-7,14H. The van der Waals surface area contributed by atoms with Gasteiger partial charge in [-0.1, -0.05) is 35.9 Å². The molecule has 0 saturated heterocycles. The second kappa shape index (κ2) is 3.48. The number of rotatable bonds is 0. The molecule has 86 valence electrons. The van der Waals surface area contributed by atoms with E-state index >= 15 is 0 Å². The minimum atomic E-state index is -3.48. The molecule has 0 unspecified atom stereocenters. The van der Waals surface area contributed by atoms with Crippen molar-refractivity contribution in [3.8, 4) is 11.1 Å². The molecule has 0 atom stereocenters. The molecule has 3 rings (SSSR count). The summed E-state index contributed by atoms with van der Waals surface area (Å²) in [6.45, 7) is 0. The van der Waals surface area contributed by atoms with Gasteiger partial charge in [-0.25, -0.2) is 8.42 Å². The van der Waals surface area contributed by atoms with Gasteiger partial charge in [-0.15, -0.1) is 0 Å². The van der Waals surface area contributed by atoms with Crippen LogP contribution >= 0.6 is 11.6 Å². The number of halogens is 1. The Morgan fingerprint density at radius 3 is 2.59 bits per heavy atom. The van der Waals surface area contributed by atoms with Gasteiger partial charge in [-0.05, 0) is 18.2 Å². The summed E-state index contributed by atoms with van der Waals surface area (Å²) in [5.41, 5.74) is 1.91. The highest BCUT2D eigenvalue weighted by molar-refractivity contribution is 7.93. The molecular formula is C12H8ClNO2S. The third kappa shape index (κ3) is 1.52. The fourth-order valence-corrected chi connectivity index (χ4v) is 3.55. The summed E-state index contributed by atoms with van der Waals surface area (Å²) in [4.78, 5) is 0.264. The molecule has 0 radical (unpaired) electrons. The SMILES string of the molecule is O=S1(=O)Nc2cccc(Cl)c2-c2ccccc21. The van der Waals surface area contributed by atoms with Crippen molar-refractivity contribution in [2.24, 2.45) is 0 Å². The van der Waals surface area contributed by atoms with E-state index in [0.29, 0.717) is 16.3 Å². The van der Waals surface area contributed by atoms with Crippen LogP contribution in [0.15, 0.2) is 47.4 Å². The van der Waals surface area contributed by atoms with Crippen LogP contribution in [-0.2, 0) is 10.0 Å². The highest BCUT2D eigenvalue weighted by Gasteiger charge is 2.27. The molecule has 0 bridgehead atoms. The van der Waals surface area contributed by atoms with Crippen molar-refractivity contribution in [1.82, 2.24) is 0 Å². The molecule has 1 heterocycles. The van der Waals surface area contributed by atoms with Crippen molar-refractivity contribution in [3.05, 3.63) is 47.5 Å². The van der Waals surface area contributed by atoms with Gasteiger partial charge in [-0.3, -0.25) is 4.72 Å². The topological polar surface area (TPSA) is 46.2 Å². The maximum Gasteiger partial charge on any atom is 0.262 e. The molecule has 17 heavy (non-hydrogen) atoms. The second-order valence-electron chi connectivity index (χ2n) is 3.76. The van der Waals surface area contributed by atoms with Gasteiger partial charge in [0, 0.05) is 11.1 Å². The Hall–Kier alpha value is -1.52. The van der Waals surface area contributed by atoms with E-state index in [1.165, 1.54) is 0 Å². The fraction of sp³-hybridized carbons (Fsp3) is 0. The molecule has 2 aromatic carbocycles. The van der Waals surface area contributed by atoms with Crippen molar-refractivity contribution < 1.29 is 8.42 Å². The Morgan fingerprint density at radius 2 is 1.76 bits per heavy atom. The van der Waals surface area contributed by atoms with Crippen LogP contribution in [0.1, 0.15) is 0 Å². The molecule has 0 saturated carbocycles. The first-order valence-corrected chi connectivity index (χ1v) is 6.86. The summed E-state index contributed by atoms with van der Waals surface area (Å²) in [5, 5.41) is 0.539. The number of benzene rings is 2. The highest BCUT2D eigenvalue weighted by atomic mass is 35.5. The third-order valence-corrected chi connectivity index (χ3v) is 4.44. The van der Waals surface area contributed by atoms with Gasteiger partial charge in [0.1, 0.15) is 0 Å². The van der Waals surface area contributed by atoms with E-state index in [1.54, 1.807) is 42.5 Å². The number of hydrogen-bond donors (Lipinski definition) is 1. The zero-order valence-corrected chi connectivity index (χ0v) is 10.2. The summed E-state index contributed by atoms with van der Waals surface area (Å²) in [5.74, 6) is 0. The Bertz CT molecular complexity index is 710. The lowest BCUT2D eigenvalue weighted by atomic mass is 10.0. The first-order valence-electron chi connectivity index (χ1n) is 5.00. The van der Waals surface area contributed by atoms with E-state index in [9.17, 15) is 8.42 Å². The van der Waals surface area contributed by atoms with E-state index < -0.39 is 10.0 Å². The quantitative estimate of drug-likeness (QED) is 0.795. The maximum atomic E-state index is 12.0. The highest BCUT2D eigenvalue weighted by Crippen LogP contribution is 2.42. The molecule has 5 heteroatoms. The Balaban J connectivity index is 2.45. The van der Waals surface area contributed by atoms with Crippen LogP contribution in [0.3, 0.4) is 0 Å². The van der Waals surface area contributed by atoms with Crippen LogP contribution in [0.5, 0.6) is 0 Å². The summed E-state index contributed by atoms with van der Waals surface area (Å²) >= 11 is 6.13. The maximum absolute atomic E-state index is 12.0. The molecule has 2 aromatic rings. The van der Waals surface area contributed by atoms with Crippen LogP contribution in [0.2, 0.25) is 5.02 Å². The minimum absolute atomic E-state index is 0.264. The molecule has 0 aromatic heterocycles. The fourth-order valence-electron chi connectivity index (χ4n) is 1.99. The predicted octanol–water partition coefficient (Wildman–Crippen LogP) is 3.12. The summed E-state index contributed by atoms with van der Waals surface area (Å²) < 4.78 is 26.5. The lowest BCUT2D eigenvalue weighted by Crippen LogP contribution is -2.18. The Morgan fingerprint density at radius 1 is 1.00 bits per heavy atom. The number of fused-ring (bicyclic) bond motifs is 3. The van der Waals surface area contributed by atoms with Crippen molar-refractivity contribution in [3.63, 3.8) is 0 Å². The van der Waals surface area contributed by atoms with Gasteiger partial charge in [0.2, 0.25) is 0 Å². The van der Waals surface area contributed by atoms with Crippen molar-refractivity contribution >= 4 is 27.3 Å². The summed E-state index contributed by atoms with van der Waals surface area (Å²) in [7, 11) is -3.48. The molecular weight excluding hydrogens is 258 g/mol. The van der Waals surface area contributed by atoms with Gasteiger partial charge in [0.15, 0.2) is 0 Å². The van der Waals surface area contributed by atoms with E-state index in [4.69, 9.17) is 11.6 Å². The number of hydrogen-bond acceptors (Lipinski definition) is 2. The molecule has 0 aliphatic carbocycles. The average Bonchev–Trinajstić information content (AvgIpc) is 2.28. The van der Waals surface area contributed by atoms with Crippen LogP contribution in [0, 0.1) is 0 Å². The van der Waals surface area contributed by atoms with Crippen molar-refractivity contribution in [2.45, 2.75) is 4.90 Å². The smallest absolute Gasteiger partial charge is 0.262 e. The molecule has 0 fully saturated rings. The number of sulfonamides is 1. The average molecular weight is 266 g/mol. The third-order valence-electron chi connectivity index (χ3n) is 2.70. The zero-order chi connectivity index (χ0) is 12.0. The lowest BCUT2D eigenvalue weighted by molar-refractivity contribution is 0.601.